The zero-order valence-electron chi connectivity index (χ0n) is 15.3. The van der Waals surface area contributed by atoms with Crippen LogP contribution in [0.3, 0.4) is 0 Å². The van der Waals surface area contributed by atoms with Gasteiger partial charge >= 0.3 is 0 Å². The topological polar surface area (TPSA) is 35.8 Å². The van der Waals surface area contributed by atoms with Gasteiger partial charge in [0, 0.05) is 58.2 Å². The molecule has 0 atom stereocenters. The second-order valence-corrected chi connectivity index (χ2v) is 6.37. The largest absolute Gasteiger partial charge is 0.355 e. The predicted molar refractivity (Wildman–Crippen MR) is 95.2 cm³/mol. The molecule has 0 saturated heterocycles. The van der Waals surface area contributed by atoms with Crippen molar-refractivity contribution in [3.63, 3.8) is 0 Å². The predicted octanol–water partition coefficient (Wildman–Crippen LogP) is 2.15. The van der Waals surface area contributed by atoms with Gasteiger partial charge in [0.2, 0.25) is 0 Å². The van der Waals surface area contributed by atoms with Crippen LogP contribution >= 0.6 is 0 Å². The third-order valence-corrected chi connectivity index (χ3v) is 4.00. The highest BCUT2D eigenvalue weighted by molar-refractivity contribution is 5.79. The van der Waals surface area contributed by atoms with E-state index in [0.29, 0.717) is 12.1 Å². The van der Waals surface area contributed by atoms with Crippen molar-refractivity contribution in [3.05, 3.63) is 24.0 Å². The molecule has 0 radical (unpaired) electrons. The molecule has 0 bridgehead atoms. The lowest BCUT2D eigenvalue weighted by Gasteiger charge is -2.31. The van der Waals surface area contributed by atoms with E-state index in [1.54, 1.807) is 0 Å². The molecule has 1 aromatic rings. The minimum Gasteiger partial charge on any atom is -0.355 e. The van der Waals surface area contributed by atoms with E-state index in [-0.39, 0.29) is 0 Å². The van der Waals surface area contributed by atoms with Gasteiger partial charge in [0.25, 0.3) is 0 Å². The summed E-state index contributed by atoms with van der Waals surface area (Å²) in [6.45, 7) is 11.8. The summed E-state index contributed by atoms with van der Waals surface area (Å²) in [5.74, 6) is 0.939. The minimum absolute atomic E-state index is 0.560. The zero-order chi connectivity index (χ0) is 16.7. The second-order valence-electron chi connectivity index (χ2n) is 6.37. The third kappa shape index (κ3) is 5.37. The van der Waals surface area contributed by atoms with E-state index in [4.69, 9.17) is 0 Å². The van der Waals surface area contributed by atoms with Crippen LogP contribution in [0.15, 0.2) is 23.3 Å². The van der Waals surface area contributed by atoms with Crippen LogP contribution in [0.1, 0.15) is 33.4 Å². The lowest BCUT2D eigenvalue weighted by Crippen LogP contribution is -2.45. The quantitative estimate of drug-likeness (QED) is 0.619. The first kappa shape index (κ1) is 18.6. The average molecular weight is 307 g/mol. The lowest BCUT2D eigenvalue weighted by atomic mass is 10.2. The molecule has 1 rings (SSSR count). The Bertz CT molecular complexity index is 453. The molecule has 126 valence electrons. The maximum Gasteiger partial charge on any atom is 0.193 e. The van der Waals surface area contributed by atoms with Crippen LogP contribution in [0.25, 0.3) is 0 Å². The second kappa shape index (κ2) is 8.83. The van der Waals surface area contributed by atoms with Gasteiger partial charge in [-0.05, 0) is 39.8 Å². The Morgan fingerprint density at radius 2 is 1.91 bits per heavy atom. The Hall–Kier alpha value is -1.49. The van der Waals surface area contributed by atoms with E-state index < -0.39 is 0 Å². The maximum atomic E-state index is 4.39. The molecular formula is C17H33N5. The van der Waals surface area contributed by atoms with Gasteiger partial charge in [0.15, 0.2) is 5.96 Å². The summed E-state index contributed by atoms with van der Waals surface area (Å²) >= 11 is 0. The molecule has 0 aliphatic carbocycles. The van der Waals surface area contributed by atoms with Gasteiger partial charge in [0.1, 0.15) is 0 Å². The standard InChI is InChI=1S/C17H33N5/c1-14(2)22(15(3)4)12-10-19-17(18-5)21(7)13-16-9-8-11-20(16)6/h8-9,11,14-15H,10,12-13H2,1-7H3,(H,18,19). The van der Waals surface area contributed by atoms with Crippen LogP contribution in [0, 0.1) is 0 Å². The number of aryl methyl sites for hydroxylation is 1. The van der Waals surface area contributed by atoms with Crippen molar-refractivity contribution in [2.24, 2.45) is 12.0 Å². The van der Waals surface area contributed by atoms with Crippen molar-refractivity contribution < 1.29 is 0 Å². The molecule has 22 heavy (non-hydrogen) atoms. The summed E-state index contributed by atoms with van der Waals surface area (Å²) in [5.41, 5.74) is 1.27. The molecule has 5 heteroatoms. The van der Waals surface area contributed by atoms with Crippen LogP contribution in [0.5, 0.6) is 0 Å². The molecule has 5 nitrogen and oxygen atoms in total. The van der Waals surface area contributed by atoms with Crippen molar-refractivity contribution in [1.29, 1.82) is 0 Å². The Balaban J connectivity index is 2.50. The molecule has 0 aromatic carbocycles. The number of nitrogens with zero attached hydrogens (tertiary/aromatic N) is 4. The number of rotatable bonds is 7. The first-order valence-electron chi connectivity index (χ1n) is 8.14. The van der Waals surface area contributed by atoms with Crippen molar-refractivity contribution in [2.75, 3.05) is 27.2 Å². The zero-order valence-corrected chi connectivity index (χ0v) is 15.3. The van der Waals surface area contributed by atoms with Crippen LogP contribution < -0.4 is 5.32 Å². The van der Waals surface area contributed by atoms with E-state index in [9.17, 15) is 0 Å². The number of hydrogen-bond acceptors (Lipinski definition) is 2. The summed E-state index contributed by atoms with van der Waals surface area (Å²) in [5, 5.41) is 3.47. The number of aliphatic imine (C=N–C) groups is 1. The van der Waals surface area contributed by atoms with Gasteiger partial charge in [0.05, 0.1) is 6.54 Å². The third-order valence-electron chi connectivity index (χ3n) is 4.00. The van der Waals surface area contributed by atoms with Crippen molar-refractivity contribution in [3.8, 4) is 0 Å². The molecule has 0 fully saturated rings. The van der Waals surface area contributed by atoms with Crippen LogP contribution in [-0.4, -0.2) is 59.6 Å². The molecule has 0 aliphatic heterocycles. The van der Waals surface area contributed by atoms with Crippen LogP contribution in [0.2, 0.25) is 0 Å². The number of hydrogen-bond donors (Lipinski definition) is 1. The molecule has 0 amide bonds. The Morgan fingerprint density at radius 3 is 2.36 bits per heavy atom. The smallest absolute Gasteiger partial charge is 0.193 e. The van der Waals surface area contributed by atoms with E-state index >= 15 is 0 Å². The molecule has 1 heterocycles. The summed E-state index contributed by atoms with van der Waals surface area (Å²) in [7, 11) is 5.99. The fourth-order valence-corrected chi connectivity index (χ4v) is 2.77. The van der Waals surface area contributed by atoms with Gasteiger partial charge in [-0.25, -0.2) is 0 Å². The SMILES string of the molecule is CN=C(NCCN(C(C)C)C(C)C)N(C)Cc1cccn1C. The lowest BCUT2D eigenvalue weighted by molar-refractivity contribution is 0.178. The van der Waals surface area contributed by atoms with Crippen molar-refractivity contribution in [1.82, 2.24) is 19.7 Å². The highest BCUT2D eigenvalue weighted by atomic mass is 15.3. The Morgan fingerprint density at radius 1 is 1.27 bits per heavy atom. The number of guanidine groups is 1. The molecule has 0 aliphatic rings. The van der Waals surface area contributed by atoms with Gasteiger partial charge in [-0.3, -0.25) is 9.89 Å². The first-order chi connectivity index (χ1) is 10.4. The highest BCUT2D eigenvalue weighted by Gasteiger charge is 2.13. The van der Waals surface area contributed by atoms with Crippen LogP contribution in [-0.2, 0) is 13.6 Å². The van der Waals surface area contributed by atoms with Crippen LogP contribution in [0.4, 0.5) is 0 Å². The van der Waals surface area contributed by atoms with Crippen molar-refractivity contribution >= 4 is 5.96 Å². The number of nitrogens with one attached hydrogen (secondary N) is 1. The fraction of sp³-hybridized carbons (Fsp3) is 0.706. The Kier molecular flexibility index (Phi) is 7.45. The summed E-state index contributed by atoms with van der Waals surface area (Å²) in [6.07, 6.45) is 2.07. The van der Waals surface area contributed by atoms with Gasteiger partial charge in [-0.15, -0.1) is 0 Å². The summed E-state index contributed by atoms with van der Waals surface area (Å²) in [6, 6.07) is 5.33. The minimum atomic E-state index is 0.560. The van der Waals surface area contributed by atoms with E-state index in [0.717, 1.165) is 25.6 Å². The van der Waals surface area contributed by atoms with Gasteiger partial charge in [-0.1, -0.05) is 0 Å². The molecule has 1 N–H and O–H groups in total. The molecular weight excluding hydrogens is 274 g/mol. The van der Waals surface area contributed by atoms with Crippen molar-refractivity contribution in [2.45, 2.75) is 46.3 Å². The van der Waals surface area contributed by atoms with E-state index in [1.165, 1.54) is 5.69 Å². The summed E-state index contributed by atoms with van der Waals surface area (Å²) < 4.78 is 2.14. The van der Waals surface area contributed by atoms with Gasteiger partial charge in [-0.2, -0.15) is 0 Å². The molecule has 0 unspecified atom stereocenters. The average Bonchev–Trinajstić information content (AvgIpc) is 2.83. The van der Waals surface area contributed by atoms with Gasteiger partial charge < -0.3 is 14.8 Å². The monoisotopic (exact) mass is 307 g/mol. The molecule has 0 saturated carbocycles. The summed E-state index contributed by atoms with van der Waals surface area (Å²) in [4.78, 5) is 9.03. The first-order valence-corrected chi connectivity index (χ1v) is 8.14. The molecule has 0 spiro atoms. The van der Waals surface area contributed by atoms with E-state index in [2.05, 4.69) is 84.8 Å². The number of aromatic nitrogens is 1. The highest BCUT2D eigenvalue weighted by Crippen LogP contribution is 2.05. The molecule has 1 aromatic heterocycles. The van der Waals surface area contributed by atoms with E-state index in [1.807, 2.05) is 7.05 Å². The normalized spacial score (nSPS) is 12.5. The Labute approximate surface area is 136 Å². The maximum absolute atomic E-state index is 4.39. The fourth-order valence-electron chi connectivity index (χ4n) is 2.77.